The summed E-state index contributed by atoms with van der Waals surface area (Å²) in [6.45, 7) is 2.24. The van der Waals surface area contributed by atoms with Crippen LogP contribution < -0.4 is 0 Å². The molecule has 0 saturated carbocycles. The number of aromatic nitrogens is 1. The van der Waals surface area contributed by atoms with E-state index in [9.17, 15) is 5.11 Å². The van der Waals surface area contributed by atoms with Crippen LogP contribution >= 0.6 is 0 Å². The van der Waals surface area contributed by atoms with Crippen LogP contribution in [0.2, 0.25) is 0 Å². The Kier molecular flexibility index (Phi) is 6.04. The second-order valence-electron chi connectivity index (χ2n) is 9.75. The van der Waals surface area contributed by atoms with Gasteiger partial charge in [-0.15, -0.1) is 0 Å². The van der Waals surface area contributed by atoms with Crippen LogP contribution in [0.4, 0.5) is 0 Å². The fraction of sp³-hybridized carbons (Fsp3) is 0.114. The number of nitrogens with zero attached hydrogens (tertiary/aromatic N) is 1. The first kappa shape index (κ1) is 23.1. The number of aliphatic hydroxyl groups is 1. The SMILES string of the molecule is C[C@@H]1C(=C(c2ccccc2)c2ccccc2)c2ccc(CC(O)(c3ccccc3)c3ccccc3)nc21. The molecular formula is C35H29NO. The van der Waals surface area contributed by atoms with Gasteiger partial charge in [-0.2, -0.15) is 0 Å². The molecule has 2 nitrogen and oxygen atoms in total. The largest absolute Gasteiger partial charge is 0.380 e. The Labute approximate surface area is 218 Å². The van der Waals surface area contributed by atoms with Crippen LogP contribution in [-0.2, 0) is 12.0 Å². The first-order valence-electron chi connectivity index (χ1n) is 12.8. The van der Waals surface area contributed by atoms with Crippen molar-refractivity contribution in [3.8, 4) is 0 Å². The van der Waals surface area contributed by atoms with Gasteiger partial charge in [-0.1, -0.05) is 134 Å². The van der Waals surface area contributed by atoms with E-state index in [0.717, 1.165) is 22.5 Å². The number of rotatable bonds is 6. The molecule has 0 saturated heterocycles. The Bertz CT molecular complexity index is 1460. The molecule has 1 aromatic heterocycles. The van der Waals surface area contributed by atoms with E-state index in [2.05, 4.69) is 79.7 Å². The van der Waals surface area contributed by atoms with Crippen molar-refractivity contribution in [3.63, 3.8) is 0 Å². The van der Waals surface area contributed by atoms with Crippen LogP contribution in [-0.4, -0.2) is 10.1 Å². The molecule has 1 heterocycles. The van der Waals surface area contributed by atoms with Crippen molar-refractivity contribution in [2.24, 2.45) is 0 Å². The summed E-state index contributed by atoms with van der Waals surface area (Å²) in [5, 5.41) is 12.0. The molecule has 2 heteroatoms. The molecule has 1 atom stereocenters. The summed E-state index contributed by atoms with van der Waals surface area (Å²) in [4.78, 5) is 5.10. The lowest BCUT2D eigenvalue weighted by Gasteiger charge is -2.34. The van der Waals surface area contributed by atoms with E-state index in [1.807, 2.05) is 60.7 Å². The lowest BCUT2D eigenvalue weighted by Crippen LogP contribution is -2.31. The van der Waals surface area contributed by atoms with E-state index >= 15 is 0 Å². The Morgan fingerprint density at radius 2 is 1.11 bits per heavy atom. The van der Waals surface area contributed by atoms with E-state index in [4.69, 9.17) is 4.98 Å². The highest BCUT2D eigenvalue weighted by atomic mass is 16.3. The molecule has 37 heavy (non-hydrogen) atoms. The normalized spacial score (nSPS) is 14.5. The summed E-state index contributed by atoms with van der Waals surface area (Å²) in [6, 6.07) is 45.3. The molecule has 1 aliphatic rings. The number of hydrogen-bond acceptors (Lipinski definition) is 2. The van der Waals surface area contributed by atoms with Gasteiger partial charge in [-0.3, -0.25) is 4.98 Å². The molecule has 0 bridgehead atoms. The van der Waals surface area contributed by atoms with Gasteiger partial charge < -0.3 is 5.11 Å². The van der Waals surface area contributed by atoms with E-state index in [1.165, 1.54) is 27.8 Å². The summed E-state index contributed by atoms with van der Waals surface area (Å²) >= 11 is 0. The third-order valence-electron chi connectivity index (χ3n) is 7.45. The van der Waals surface area contributed by atoms with Crippen molar-refractivity contribution < 1.29 is 5.11 Å². The average Bonchev–Trinajstić information content (AvgIpc) is 2.97. The van der Waals surface area contributed by atoms with Gasteiger partial charge in [0.2, 0.25) is 0 Å². The Morgan fingerprint density at radius 1 is 0.649 bits per heavy atom. The zero-order valence-corrected chi connectivity index (χ0v) is 20.9. The second-order valence-corrected chi connectivity index (χ2v) is 9.75. The zero-order valence-electron chi connectivity index (χ0n) is 20.9. The van der Waals surface area contributed by atoms with E-state index in [0.29, 0.717) is 6.42 Å². The minimum absolute atomic E-state index is 0.201. The van der Waals surface area contributed by atoms with Gasteiger partial charge in [0, 0.05) is 23.6 Å². The predicted molar refractivity (Wildman–Crippen MR) is 151 cm³/mol. The quantitative estimate of drug-likeness (QED) is 0.271. The summed E-state index contributed by atoms with van der Waals surface area (Å²) in [5.41, 5.74) is 8.79. The van der Waals surface area contributed by atoms with Gasteiger partial charge in [0.25, 0.3) is 0 Å². The molecule has 5 aromatic rings. The van der Waals surface area contributed by atoms with Gasteiger partial charge in [0.05, 0.1) is 5.69 Å². The molecular weight excluding hydrogens is 450 g/mol. The highest BCUT2D eigenvalue weighted by Crippen LogP contribution is 2.50. The lowest BCUT2D eigenvalue weighted by molar-refractivity contribution is 0.0800. The summed E-state index contributed by atoms with van der Waals surface area (Å²) < 4.78 is 0. The molecule has 0 fully saturated rings. The van der Waals surface area contributed by atoms with Crippen LogP contribution in [0, 0.1) is 0 Å². The molecule has 0 spiro atoms. The van der Waals surface area contributed by atoms with Crippen LogP contribution in [0.5, 0.6) is 0 Å². The van der Waals surface area contributed by atoms with E-state index in [1.54, 1.807) is 0 Å². The van der Waals surface area contributed by atoms with Crippen LogP contribution in [0.15, 0.2) is 133 Å². The minimum Gasteiger partial charge on any atom is -0.380 e. The summed E-state index contributed by atoms with van der Waals surface area (Å²) in [6.07, 6.45) is 0.407. The monoisotopic (exact) mass is 479 g/mol. The van der Waals surface area contributed by atoms with Crippen molar-refractivity contribution in [3.05, 3.63) is 173 Å². The number of allylic oxidation sites excluding steroid dienone is 1. The van der Waals surface area contributed by atoms with Crippen molar-refractivity contribution in [1.29, 1.82) is 0 Å². The van der Waals surface area contributed by atoms with Crippen LogP contribution in [0.1, 0.15) is 52.0 Å². The molecule has 1 N–H and O–H groups in total. The number of fused-ring (bicyclic) bond motifs is 1. The maximum Gasteiger partial charge on any atom is 0.120 e. The molecule has 0 unspecified atom stereocenters. The second kappa shape index (κ2) is 9.65. The Morgan fingerprint density at radius 3 is 1.59 bits per heavy atom. The molecule has 4 aromatic carbocycles. The first-order valence-corrected chi connectivity index (χ1v) is 12.8. The molecule has 0 radical (unpaired) electrons. The van der Waals surface area contributed by atoms with E-state index < -0.39 is 5.60 Å². The molecule has 0 amide bonds. The third-order valence-corrected chi connectivity index (χ3v) is 7.45. The standard InChI is InChI=1S/C35H29NO/c1-25-32(33(26-14-6-2-7-15-26)27-16-8-3-9-17-27)31-23-22-30(36-34(25)31)24-35(37,28-18-10-4-11-19-28)29-20-12-5-13-21-29/h2-23,25,37H,24H2,1H3/t25-/m1/s1. The van der Waals surface area contributed by atoms with Crippen molar-refractivity contribution in [1.82, 2.24) is 4.98 Å². The van der Waals surface area contributed by atoms with Crippen molar-refractivity contribution in [2.45, 2.75) is 24.9 Å². The maximum atomic E-state index is 12.0. The van der Waals surface area contributed by atoms with Gasteiger partial charge in [0.1, 0.15) is 5.60 Å². The fourth-order valence-corrected chi connectivity index (χ4v) is 5.56. The van der Waals surface area contributed by atoms with Gasteiger partial charge in [-0.25, -0.2) is 0 Å². The van der Waals surface area contributed by atoms with Crippen LogP contribution in [0.25, 0.3) is 11.1 Å². The summed E-state index contributed by atoms with van der Waals surface area (Å²) in [7, 11) is 0. The number of hydrogen-bond donors (Lipinski definition) is 1. The first-order chi connectivity index (χ1) is 18.1. The molecule has 180 valence electrons. The Hall–Kier alpha value is -4.27. The highest BCUT2D eigenvalue weighted by molar-refractivity contribution is 6.04. The predicted octanol–water partition coefficient (Wildman–Crippen LogP) is 7.64. The molecule has 0 aliphatic heterocycles. The lowest BCUT2D eigenvalue weighted by atomic mass is 9.72. The summed E-state index contributed by atoms with van der Waals surface area (Å²) in [5.74, 6) is 0.201. The molecule has 1 aliphatic carbocycles. The topological polar surface area (TPSA) is 33.1 Å². The van der Waals surface area contributed by atoms with Gasteiger partial charge >= 0.3 is 0 Å². The fourth-order valence-electron chi connectivity index (χ4n) is 5.56. The third kappa shape index (κ3) is 4.20. The minimum atomic E-state index is -1.16. The van der Waals surface area contributed by atoms with Gasteiger partial charge in [-0.05, 0) is 39.5 Å². The van der Waals surface area contributed by atoms with Crippen molar-refractivity contribution >= 4 is 11.1 Å². The van der Waals surface area contributed by atoms with Crippen molar-refractivity contribution in [2.75, 3.05) is 0 Å². The zero-order chi connectivity index (χ0) is 25.2. The van der Waals surface area contributed by atoms with E-state index in [-0.39, 0.29) is 5.92 Å². The Balaban J connectivity index is 1.42. The van der Waals surface area contributed by atoms with Gasteiger partial charge in [0.15, 0.2) is 0 Å². The van der Waals surface area contributed by atoms with Crippen LogP contribution in [0.3, 0.4) is 0 Å². The highest BCUT2D eigenvalue weighted by Gasteiger charge is 2.36. The maximum absolute atomic E-state index is 12.0. The average molecular weight is 480 g/mol. The number of benzene rings is 4. The molecule has 6 rings (SSSR count). The smallest absolute Gasteiger partial charge is 0.120 e. The number of pyridine rings is 1.